The number of hydrogen-bond acceptors (Lipinski definition) is 15. The molecule has 2 aliphatic heterocycles. The molecule has 2 rings (SSSR count). The van der Waals surface area contributed by atoms with Crippen molar-refractivity contribution in [1.29, 1.82) is 0 Å². The summed E-state index contributed by atoms with van der Waals surface area (Å²) in [6, 6.07) is -2.15. The van der Waals surface area contributed by atoms with Gasteiger partial charge in [0.2, 0.25) is 12.0 Å². The van der Waals surface area contributed by atoms with Crippen LogP contribution in [0.3, 0.4) is 0 Å². The molecule has 0 spiro atoms. The summed E-state index contributed by atoms with van der Waals surface area (Å²) in [7, 11) is -15.7. The SMILES string of the molecule is O=C(O)C1=C[C@H](O)[C@@H](OS(=O)(=O)O)[C@H](O[C@H]2[C@H](O)[C@@H](NS(=O)(=O)O)[C@@H](O)O[C@@H]2COS(=O)(=O)O)O1. The van der Waals surface area contributed by atoms with Crippen molar-refractivity contribution in [3.05, 3.63) is 11.8 Å². The number of aliphatic carboxylic acids is 1. The van der Waals surface area contributed by atoms with Crippen molar-refractivity contribution in [3.8, 4) is 0 Å². The fourth-order valence-corrected chi connectivity index (χ4v) is 4.35. The Morgan fingerprint density at radius 2 is 1.60 bits per heavy atom. The zero-order chi connectivity index (χ0) is 26.9. The highest BCUT2D eigenvalue weighted by molar-refractivity contribution is 7.83. The number of nitrogens with one attached hydrogen (secondary N) is 1. The van der Waals surface area contributed by atoms with E-state index in [9.17, 15) is 45.4 Å². The molecule has 2 aliphatic rings. The van der Waals surface area contributed by atoms with Gasteiger partial charge in [-0.3, -0.25) is 13.7 Å². The molecule has 0 aliphatic carbocycles. The van der Waals surface area contributed by atoms with E-state index in [2.05, 4.69) is 8.37 Å². The van der Waals surface area contributed by atoms with Crippen LogP contribution in [-0.4, -0.2) is 121 Å². The zero-order valence-corrected chi connectivity index (χ0v) is 19.1. The number of rotatable bonds is 10. The van der Waals surface area contributed by atoms with Crippen LogP contribution in [-0.2, 0) is 58.5 Å². The molecule has 0 amide bonds. The smallest absolute Gasteiger partial charge is 0.397 e. The van der Waals surface area contributed by atoms with Crippen molar-refractivity contribution in [3.63, 3.8) is 0 Å². The molecular formula is C12H19NO19S3. The molecule has 35 heavy (non-hydrogen) atoms. The Morgan fingerprint density at radius 3 is 2.09 bits per heavy atom. The van der Waals surface area contributed by atoms with Gasteiger partial charge in [0.05, 0.1) is 6.61 Å². The van der Waals surface area contributed by atoms with E-state index >= 15 is 0 Å². The zero-order valence-electron chi connectivity index (χ0n) is 16.7. The van der Waals surface area contributed by atoms with Crippen molar-refractivity contribution < 1.29 is 86.7 Å². The predicted octanol–water partition coefficient (Wildman–Crippen LogP) is -5.10. The maximum absolute atomic E-state index is 11.2. The lowest BCUT2D eigenvalue weighted by atomic mass is 9.97. The molecule has 23 heteroatoms. The Hall–Kier alpha value is -1.58. The largest absolute Gasteiger partial charge is 0.475 e. The fourth-order valence-electron chi connectivity index (χ4n) is 2.96. The van der Waals surface area contributed by atoms with Gasteiger partial charge in [0.15, 0.2) is 12.4 Å². The standard InChI is InChI=1S/C12H19NO19S3/c14-3-1-4(10(16)17)30-12(8(3)32-35(25,26)27)31-9-5(2-28-34(22,23)24)29-11(18)6(7(9)15)13-33(19,20)21/h1,3,5-9,11-15,18H,2H2,(H,16,17)(H,19,20,21)(H,22,23,24)(H,25,26,27)/t3-,5+,6+,7+,8+,9+,11-,12-/m0/s1. The summed E-state index contributed by atoms with van der Waals surface area (Å²) in [6.07, 6.45) is -15.1. The molecule has 204 valence electrons. The summed E-state index contributed by atoms with van der Waals surface area (Å²) in [5.74, 6) is -2.88. The van der Waals surface area contributed by atoms with Gasteiger partial charge in [0, 0.05) is 0 Å². The number of carboxylic acids is 1. The highest BCUT2D eigenvalue weighted by Gasteiger charge is 2.51. The van der Waals surface area contributed by atoms with E-state index in [1.54, 1.807) is 0 Å². The van der Waals surface area contributed by atoms with Crippen LogP contribution >= 0.6 is 0 Å². The molecule has 0 aromatic rings. The first kappa shape index (κ1) is 29.6. The minimum absolute atomic E-state index is 0.442. The maximum Gasteiger partial charge on any atom is 0.397 e. The second-order valence-corrected chi connectivity index (χ2v) is 10.1. The van der Waals surface area contributed by atoms with Gasteiger partial charge in [0.25, 0.3) is 0 Å². The van der Waals surface area contributed by atoms with Crippen molar-refractivity contribution >= 4 is 37.1 Å². The molecule has 0 aromatic carbocycles. The van der Waals surface area contributed by atoms with Gasteiger partial charge in [-0.2, -0.15) is 30.0 Å². The van der Waals surface area contributed by atoms with E-state index in [-0.39, 0.29) is 0 Å². The lowest BCUT2D eigenvalue weighted by Crippen LogP contribution is -2.66. The normalized spacial score (nSPS) is 34.6. The van der Waals surface area contributed by atoms with Gasteiger partial charge in [-0.25, -0.2) is 13.2 Å². The lowest BCUT2D eigenvalue weighted by Gasteiger charge is -2.44. The third-order valence-corrected chi connectivity index (χ3v) is 5.73. The maximum atomic E-state index is 11.2. The number of carboxylic acid groups (broad SMARTS) is 1. The summed E-state index contributed by atoms with van der Waals surface area (Å²) < 4.78 is 117. The van der Waals surface area contributed by atoms with Crippen LogP contribution in [0.4, 0.5) is 0 Å². The Balaban J connectivity index is 2.44. The topological polar surface area (TPSA) is 319 Å². The Kier molecular flexibility index (Phi) is 9.15. The highest BCUT2D eigenvalue weighted by Crippen LogP contribution is 2.30. The molecule has 0 bridgehead atoms. The van der Waals surface area contributed by atoms with Crippen LogP contribution in [0.15, 0.2) is 11.8 Å². The number of aliphatic hydroxyl groups is 3. The van der Waals surface area contributed by atoms with E-state index in [1.807, 2.05) is 0 Å². The van der Waals surface area contributed by atoms with Crippen LogP contribution in [0.5, 0.6) is 0 Å². The first-order valence-corrected chi connectivity index (χ1v) is 12.9. The summed E-state index contributed by atoms with van der Waals surface area (Å²) >= 11 is 0. The quantitative estimate of drug-likeness (QED) is 0.112. The van der Waals surface area contributed by atoms with E-state index in [0.29, 0.717) is 6.08 Å². The Labute approximate surface area is 196 Å². The molecule has 0 unspecified atom stereocenters. The average molecular weight is 577 g/mol. The van der Waals surface area contributed by atoms with Crippen LogP contribution < -0.4 is 4.72 Å². The van der Waals surface area contributed by atoms with Crippen molar-refractivity contribution in [2.75, 3.05) is 6.61 Å². The van der Waals surface area contributed by atoms with Crippen LogP contribution in [0, 0.1) is 0 Å². The van der Waals surface area contributed by atoms with Gasteiger partial charge >= 0.3 is 37.1 Å². The van der Waals surface area contributed by atoms with Crippen LogP contribution in [0.1, 0.15) is 0 Å². The van der Waals surface area contributed by atoms with Gasteiger partial charge in [0.1, 0.15) is 30.5 Å². The van der Waals surface area contributed by atoms with Gasteiger partial charge in [-0.05, 0) is 6.08 Å². The first-order chi connectivity index (χ1) is 15.8. The molecule has 8 N–H and O–H groups in total. The molecular weight excluding hydrogens is 558 g/mol. The second kappa shape index (κ2) is 10.8. The number of ether oxygens (including phenoxy) is 3. The predicted molar refractivity (Wildman–Crippen MR) is 101 cm³/mol. The molecule has 20 nitrogen and oxygen atoms in total. The third kappa shape index (κ3) is 8.79. The molecule has 0 aromatic heterocycles. The molecule has 1 saturated heterocycles. The van der Waals surface area contributed by atoms with Crippen molar-refractivity contribution in [1.82, 2.24) is 4.72 Å². The molecule has 1 fully saturated rings. The third-order valence-electron chi connectivity index (χ3n) is 4.26. The molecule has 0 saturated carbocycles. The van der Waals surface area contributed by atoms with Crippen molar-refractivity contribution in [2.45, 2.75) is 49.1 Å². The minimum atomic E-state index is -5.36. The fraction of sp³-hybridized carbons (Fsp3) is 0.750. The highest BCUT2D eigenvalue weighted by atomic mass is 32.3. The summed E-state index contributed by atoms with van der Waals surface area (Å²) in [6.45, 7) is -1.25. The number of hydrogen-bond donors (Lipinski definition) is 8. The summed E-state index contributed by atoms with van der Waals surface area (Å²) in [4.78, 5) is 11.2. The van der Waals surface area contributed by atoms with Gasteiger partial charge in [-0.1, -0.05) is 0 Å². The number of carbonyl (C=O) groups is 1. The summed E-state index contributed by atoms with van der Waals surface area (Å²) in [5, 5.41) is 39.6. The Bertz CT molecular complexity index is 1130. The molecule has 2 heterocycles. The van der Waals surface area contributed by atoms with E-state index < -0.39 is 98.6 Å². The van der Waals surface area contributed by atoms with Crippen LogP contribution in [0.25, 0.3) is 0 Å². The van der Waals surface area contributed by atoms with E-state index in [0.717, 1.165) is 0 Å². The average Bonchev–Trinajstić information content (AvgIpc) is 2.65. The van der Waals surface area contributed by atoms with Crippen LogP contribution in [0.2, 0.25) is 0 Å². The second-order valence-electron chi connectivity index (χ2n) is 6.79. The number of aliphatic hydroxyl groups excluding tert-OH is 3. The molecule has 0 radical (unpaired) electrons. The first-order valence-electron chi connectivity index (χ1n) is 8.76. The molecule has 8 atom stereocenters. The van der Waals surface area contributed by atoms with Gasteiger partial charge in [-0.15, -0.1) is 0 Å². The van der Waals surface area contributed by atoms with Crippen molar-refractivity contribution in [2.24, 2.45) is 0 Å². The van der Waals surface area contributed by atoms with Gasteiger partial charge < -0.3 is 34.6 Å². The van der Waals surface area contributed by atoms with E-state index in [4.69, 9.17) is 33.0 Å². The van der Waals surface area contributed by atoms with E-state index in [1.165, 1.54) is 4.72 Å². The lowest BCUT2D eigenvalue weighted by molar-refractivity contribution is -0.303. The Morgan fingerprint density at radius 1 is 1.00 bits per heavy atom. The minimum Gasteiger partial charge on any atom is -0.475 e. The monoisotopic (exact) mass is 577 g/mol. The summed E-state index contributed by atoms with van der Waals surface area (Å²) in [5.41, 5.74) is 0.